The molecule has 3 N–H and O–H groups in total. The first kappa shape index (κ1) is 13.6. The lowest BCUT2D eigenvalue weighted by Crippen LogP contribution is -1.98. The Bertz CT molecular complexity index is 731. The topological polar surface area (TPSA) is 63.9 Å². The van der Waals surface area contributed by atoms with Gasteiger partial charge in [-0.25, -0.2) is 4.98 Å². The number of aryl methyl sites for hydroxylation is 1. The Kier molecular flexibility index (Phi) is 3.88. The fourth-order valence-electron chi connectivity index (χ4n) is 2.24. The molecule has 0 spiro atoms. The van der Waals surface area contributed by atoms with E-state index in [4.69, 9.17) is 10.5 Å². The zero-order chi connectivity index (χ0) is 14.7. The van der Waals surface area contributed by atoms with Gasteiger partial charge in [0.05, 0.1) is 11.0 Å². The Hall–Kier alpha value is -2.33. The number of aromatic nitrogens is 2. The molecule has 0 bridgehead atoms. The first-order chi connectivity index (χ1) is 10.3. The van der Waals surface area contributed by atoms with E-state index in [9.17, 15) is 0 Å². The molecule has 0 aliphatic carbocycles. The summed E-state index contributed by atoms with van der Waals surface area (Å²) >= 11 is 0. The molecule has 4 nitrogen and oxygen atoms in total. The van der Waals surface area contributed by atoms with E-state index < -0.39 is 0 Å². The number of imidazole rings is 1. The summed E-state index contributed by atoms with van der Waals surface area (Å²) in [5, 5.41) is 0. The Morgan fingerprint density at radius 1 is 1.10 bits per heavy atom. The zero-order valence-electron chi connectivity index (χ0n) is 12.1. The van der Waals surface area contributed by atoms with Gasteiger partial charge in [0.2, 0.25) is 0 Å². The van der Waals surface area contributed by atoms with Crippen molar-refractivity contribution >= 4 is 11.0 Å². The summed E-state index contributed by atoms with van der Waals surface area (Å²) in [6.07, 6.45) is 0.901. The highest BCUT2D eigenvalue weighted by atomic mass is 16.5. The Balaban J connectivity index is 1.71. The van der Waals surface area contributed by atoms with Crippen LogP contribution in [-0.2, 0) is 19.6 Å². The van der Waals surface area contributed by atoms with Gasteiger partial charge in [-0.15, -0.1) is 0 Å². The van der Waals surface area contributed by atoms with Crippen molar-refractivity contribution in [3.63, 3.8) is 0 Å². The van der Waals surface area contributed by atoms with E-state index in [1.807, 2.05) is 42.5 Å². The van der Waals surface area contributed by atoms with E-state index in [1.54, 1.807) is 0 Å². The molecule has 3 rings (SSSR count). The third kappa shape index (κ3) is 3.06. The van der Waals surface area contributed by atoms with Crippen LogP contribution in [0.2, 0.25) is 0 Å². The van der Waals surface area contributed by atoms with E-state index in [0.717, 1.165) is 40.2 Å². The quantitative estimate of drug-likeness (QED) is 0.755. The predicted molar refractivity (Wildman–Crippen MR) is 84.1 cm³/mol. The molecule has 4 heteroatoms. The maximum atomic E-state index is 5.84. The van der Waals surface area contributed by atoms with Crippen molar-refractivity contribution in [1.29, 1.82) is 0 Å². The van der Waals surface area contributed by atoms with Gasteiger partial charge in [-0.1, -0.05) is 31.2 Å². The molecule has 1 heterocycles. The van der Waals surface area contributed by atoms with Crippen LogP contribution in [0.5, 0.6) is 5.75 Å². The molecule has 108 valence electrons. The minimum Gasteiger partial charge on any atom is -0.489 e. The summed E-state index contributed by atoms with van der Waals surface area (Å²) in [6, 6.07) is 14.1. The van der Waals surface area contributed by atoms with Crippen LogP contribution in [-0.4, -0.2) is 9.97 Å². The zero-order valence-corrected chi connectivity index (χ0v) is 12.1. The predicted octanol–water partition coefficient (Wildman–Crippen LogP) is 3.16. The second-order valence-corrected chi connectivity index (χ2v) is 5.03. The number of aromatic amines is 1. The molecule has 0 unspecified atom stereocenters. The van der Waals surface area contributed by atoms with Crippen molar-refractivity contribution in [3.8, 4) is 5.75 Å². The highest BCUT2D eigenvalue weighted by Gasteiger charge is 2.03. The van der Waals surface area contributed by atoms with E-state index in [1.165, 1.54) is 0 Å². The summed E-state index contributed by atoms with van der Waals surface area (Å²) in [7, 11) is 0. The number of nitrogens with zero attached hydrogens (tertiary/aromatic N) is 1. The summed E-state index contributed by atoms with van der Waals surface area (Å²) in [5.41, 5.74) is 9.85. The van der Waals surface area contributed by atoms with Gasteiger partial charge in [-0.2, -0.15) is 0 Å². The number of H-pyrrole nitrogens is 1. The second-order valence-electron chi connectivity index (χ2n) is 5.03. The Morgan fingerprint density at radius 2 is 1.86 bits per heavy atom. The summed E-state index contributed by atoms with van der Waals surface area (Å²) in [6.45, 7) is 3.20. The summed E-state index contributed by atoms with van der Waals surface area (Å²) < 4.78 is 5.84. The van der Waals surface area contributed by atoms with Gasteiger partial charge < -0.3 is 15.5 Å². The summed E-state index contributed by atoms with van der Waals surface area (Å²) in [4.78, 5) is 7.78. The first-order valence-corrected chi connectivity index (χ1v) is 7.18. The minimum atomic E-state index is 0.547. The van der Waals surface area contributed by atoms with Crippen LogP contribution >= 0.6 is 0 Å². The monoisotopic (exact) mass is 281 g/mol. The molecule has 3 aromatic rings. The SMILES string of the molecule is CCc1nc2ccc(OCc3ccc(CN)cc3)cc2[nH]1. The second kappa shape index (κ2) is 5.97. The first-order valence-electron chi connectivity index (χ1n) is 7.18. The number of hydrogen-bond acceptors (Lipinski definition) is 3. The molecular weight excluding hydrogens is 262 g/mol. The molecule has 0 saturated heterocycles. The number of ether oxygens (including phenoxy) is 1. The van der Waals surface area contributed by atoms with Crippen LogP contribution in [0, 0.1) is 0 Å². The van der Waals surface area contributed by atoms with Gasteiger partial charge in [0, 0.05) is 19.0 Å². The number of fused-ring (bicyclic) bond motifs is 1. The van der Waals surface area contributed by atoms with Crippen LogP contribution in [0.3, 0.4) is 0 Å². The van der Waals surface area contributed by atoms with Crippen molar-refractivity contribution < 1.29 is 4.74 Å². The minimum absolute atomic E-state index is 0.547. The lowest BCUT2D eigenvalue weighted by Gasteiger charge is -2.07. The number of hydrogen-bond donors (Lipinski definition) is 2. The highest BCUT2D eigenvalue weighted by Crippen LogP contribution is 2.20. The number of rotatable bonds is 5. The Labute approximate surface area is 124 Å². The molecule has 0 fully saturated rings. The average Bonchev–Trinajstić information content (AvgIpc) is 2.95. The Morgan fingerprint density at radius 3 is 2.57 bits per heavy atom. The third-order valence-electron chi connectivity index (χ3n) is 3.50. The van der Waals surface area contributed by atoms with Crippen LogP contribution in [0.4, 0.5) is 0 Å². The van der Waals surface area contributed by atoms with Crippen molar-refractivity contribution in [3.05, 3.63) is 59.4 Å². The lowest BCUT2D eigenvalue weighted by atomic mass is 10.1. The fourth-order valence-corrected chi connectivity index (χ4v) is 2.24. The maximum absolute atomic E-state index is 5.84. The molecular formula is C17H19N3O. The largest absolute Gasteiger partial charge is 0.489 e. The maximum Gasteiger partial charge on any atom is 0.122 e. The van der Waals surface area contributed by atoms with Gasteiger partial charge in [0.25, 0.3) is 0 Å². The van der Waals surface area contributed by atoms with E-state index in [2.05, 4.69) is 16.9 Å². The third-order valence-corrected chi connectivity index (χ3v) is 3.50. The molecule has 0 atom stereocenters. The molecule has 0 amide bonds. The average molecular weight is 281 g/mol. The number of nitrogens with one attached hydrogen (secondary N) is 1. The van der Waals surface area contributed by atoms with Crippen LogP contribution in [0.1, 0.15) is 23.9 Å². The van der Waals surface area contributed by atoms with Crippen LogP contribution < -0.4 is 10.5 Å². The number of nitrogens with two attached hydrogens (primary N) is 1. The van der Waals surface area contributed by atoms with Gasteiger partial charge in [0.15, 0.2) is 0 Å². The van der Waals surface area contributed by atoms with Gasteiger partial charge >= 0.3 is 0 Å². The van der Waals surface area contributed by atoms with E-state index >= 15 is 0 Å². The standard InChI is InChI=1S/C17H19N3O/c1-2-17-19-15-8-7-14(9-16(15)20-17)21-11-13-5-3-12(10-18)4-6-13/h3-9H,2,10-11,18H2,1H3,(H,19,20). The van der Waals surface area contributed by atoms with Gasteiger partial charge in [-0.3, -0.25) is 0 Å². The molecule has 1 aromatic heterocycles. The molecule has 21 heavy (non-hydrogen) atoms. The van der Waals surface area contributed by atoms with Crippen molar-refractivity contribution in [1.82, 2.24) is 9.97 Å². The van der Waals surface area contributed by atoms with Crippen LogP contribution in [0.15, 0.2) is 42.5 Å². The van der Waals surface area contributed by atoms with E-state index in [0.29, 0.717) is 13.2 Å². The van der Waals surface area contributed by atoms with Gasteiger partial charge in [-0.05, 0) is 23.3 Å². The highest BCUT2D eigenvalue weighted by molar-refractivity contribution is 5.76. The molecule has 0 aliphatic rings. The number of benzene rings is 2. The lowest BCUT2D eigenvalue weighted by molar-refractivity contribution is 0.306. The summed E-state index contributed by atoms with van der Waals surface area (Å²) in [5.74, 6) is 1.84. The molecule has 0 radical (unpaired) electrons. The van der Waals surface area contributed by atoms with Gasteiger partial charge in [0.1, 0.15) is 18.2 Å². The fraction of sp³-hybridized carbons (Fsp3) is 0.235. The van der Waals surface area contributed by atoms with Crippen molar-refractivity contribution in [2.24, 2.45) is 5.73 Å². The normalized spacial score (nSPS) is 11.0. The molecule has 0 saturated carbocycles. The molecule has 2 aromatic carbocycles. The van der Waals surface area contributed by atoms with E-state index in [-0.39, 0.29) is 0 Å². The molecule has 0 aliphatic heterocycles. The smallest absolute Gasteiger partial charge is 0.122 e. The van der Waals surface area contributed by atoms with Crippen molar-refractivity contribution in [2.45, 2.75) is 26.5 Å². The van der Waals surface area contributed by atoms with Crippen molar-refractivity contribution in [2.75, 3.05) is 0 Å². The van der Waals surface area contributed by atoms with Crippen LogP contribution in [0.25, 0.3) is 11.0 Å².